The summed E-state index contributed by atoms with van der Waals surface area (Å²) in [6.45, 7) is 2.45. The minimum absolute atomic E-state index is 0.00109. The number of halogens is 1. The molecule has 1 atom stereocenters. The van der Waals surface area contributed by atoms with Gasteiger partial charge in [-0.3, -0.25) is 9.59 Å². The van der Waals surface area contributed by atoms with Gasteiger partial charge in [-0.25, -0.2) is 0 Å². The van der Waals surface area contributed by atoms with Crippen LogP contribution in [0.15, 0.2) is 18.2 Å². The number of rotatable bonds is 2. The van der Waals surface area contributed by atoms with Gasteiger partial charge in [-0.15, -0.1) is 0 Å². The highest BCUT2D eigenvalue weighted by Crippen LogP contribution is 2.18. The monoisotopic (exact) mass is 281 g/mol. The van der Waals surface area contributed by atoms with E-state index in [2.05, 4.69) is 21.2 Å². The maximum Gasteiger partial charge on any atom is 0.251 e. The Morgan fingerprint density at radius 2 is 2.25 bits per heavy atom. The SMILES string of the molecule is CC(Br)C(=O)c1ccc2c(c1)C(=O)NCC2. The van der Waals surface area contributed by atoms with Crippen LogP contribution in [0.1, 0.15) is 33.2 Å². The first-order chi connectivity index (χ1) is 7.59. The molecule has 1 aliphatic heterocycles. The third-order valence-corrected chi connectivity index (χ3v) is 3.10. The Hall–Kier alpha value is -1.16. The van der Waals surface area contributed by atoms with Crippen molar-refractivity contribution in [2.75, 3.05) is 6.54 Å². The summed E-state index contributed by atoms with van der Waals surface area (Å²) < 4.78 is 0. The zero-order valence-electron chi connectivity index (χ0n) is 8.92. The van der Waals surface area contributed by atoms with Crippen LogP contribution in [0, 0.1) is 0 Å². The molecule has 0 aliphatic carbocycles. The number of ketones is 1. The third-order valence-electron chi connectivity index (χ3n) is 2.68. The van der Waals surface area contributed by atoms with Crippen molar-refractivity contribution in [2.24, 2.45) is 0 Å². The van der Waals surface area contributed by atoms with E-state index in [-0.39, 0.29) is 16.5 Å². The van der Waals surface area contributed by atoms with Gasteiger partial charge in [0.25, 0.3) is 5.91 Å². The molecule has 0 saturated heterocycles. The molecule has 0 fully saturated rings. The first-order valence-corrected chi connectivity index (χ1v) is 6.10. The zero-order chi connectivity index (χ0) is 11.7. The van der Waals surface area contributed by atoms with Crippen LogP contribution >= 0.6 is 15.9 Å². The molecule has 1 aromatic rings. The fraction of sp³-hybridized carbons (Fsp3) is 0.333. The van der Waals surface area contributed by atoms with Gasteiger partial charge in [0.1, 0.15) is 0 Å². The smallest absolute Gasteiger partial charge is 0.251 e. The molecule has 0 radical (unpaired) electrons. The molecule has 2 rings (SSSR count). The Morgan fingerprint density at radius 1 is 1.50 bits per heavy atom. The summed E-state index contributed by atoms with van der Waals surface area (Å²) >= 11 is 3.24. The Morgan fingerprint density at radius 3 is 2.94 bits per heavy atom. The number of hydrogen-bond donors (Lipinski definition) is 1. The number of benzene rings is 1. The first-order valence-electron chi connectivity index (χ1n) is 5.19. The molecule has 1 amide bonds. The van der Waals surface area contributed by atoms with Crippen molar-refractivity contribution < 1.29 is 9.59 Å². The minimum atomic E-state index is -0.225. The normalized spacial score (nSPS) is 16.2. The van der Waals surface area contributed by atoms with Gasteiger partial charge in [-0.1, -0.05) is 28.1 Å². The number of carbonyl (C=O) groups excluding carboxylic acids is 2. The predicted molar refractivity (Wildman–Crippen MR) is 65.2 cm³/mol. The largest absolute Gasteiger partial charge is 0.352 e. The van der Waals surface area contributed by atoms with E-state index in [1.165, 1.54) is 0 Å². The first kappa shape index (κ1) is 11.3. The Labute approximate surface area is 102 Å². The molecule has 0 bridgehead atoms. The van der Waals surface area contributed by atoms with Gasteiger partial charge in [0, 0.05) is 17.7 Å². The summed E-state index contributed by atoms with van der Waals surface area (Å²) in [5.74, 6) is -0.0840. The van der Waals surface area contributed by atoms with E-state index in [4.69, 9.17) is 0 Å². The highest BCUT2D eigenvalue weighted by Gasteiger charge is 2.19. The maximum absolute atomic E-state index is 11.8. The van der Waals surface area contributed by atoms with Crippen LogP contribution in [0.5, 0.6) is 0 Å². The molecule has 84 valence electrons. The van der Waals surface area contributed by atoms with E-state index in [0.29, 0.717) is 17.7 Å². The van der Waals surface area contributed by atoms with Crippen LogP contribution in [0.4, 0.5) is 0 Å². The van der Waals surface area contributed by atoms with Crippen LogP contribution in [-0.2, 0) is 6.42 Å². The van der Waals surface area contributed by atoms with Gasteiger partial charge < -0.3 is 5.32 Å². The summed E-state index contributed by atoms with van der Waals surface area (Å²) in [7, 11) is 0. The molecule has 0 saturated carbocycles. The van der Waals surface area contributed by atoms with Crippen molar-refractivity contribution in [3.05, 3.63) is 34.9 Å². The van der Waals surface area contributed by atoms with Crippen LogP contribution in [0.2, 0.25) is 0 Å². The highest BCUT2D eigenvalue weighted by atomic mass is 79.9. The highest BCUT2D eigenvalue weighted by molar-refractivity contribution is 9.10. The van der Waals surface area contributed by atoms with Crippen molar-refractivity contribution in [1.82, 2.24) is 5.32 Å². The number of amides is 1. The van der Waals surface area contributed by atoms with E-state index in [0.717, 1.165) is 12.0 Å². The van der Waals surface area contributed by atoms with Crippen LogP contribution in [0.3, 0.4) is 0 Å². The van der Waals surface area contributed by atoms with Gasteiger partial charge >= 0.3 is 0 Å². The quantitative estimate of drug-likeness (QED) is 0.665. The molecule has 0 aromatic heterocycles. The summed E-state index contributed by atoms with van der Waals surface area (Å²) in [5, 5.41) is 2.77. The van der Waals surface area contributed by atoms with Crippen molar-refractivity contribution in [1.29, 1.82) is 0 Å². The summed E-state index contributed by atoms with van der Waals surface area (Å²) in [6.07, 6.45) is 0.833. The zero-order valence-corrected chi connectivity index (χ0v) is 10.5. The fourth-order valence-corrected chi connectivity index (χ4v) is 2.06. The molecule has 1 N–H and O–H groups in total. The Balaban J connectivity index is 2.41. The standard InChI is InChI=1S/C12H12BrNO2/c1-7(13)11(15)9-3-2-8-4-5-14-12(16)10(8)6-9/h2-3,6-7H,4-5H2,1H3,(H,14,16). The molecule has 1 heterocycles. The molecular formula is C12H12BrNO2. The fourth-order valence-electron chi connectivity index (χ4n) is 1.79. The average Bonchev–Trinajstić information content (AvgIpc) is 2.28. The lowest BCUT2D eigenvalue weighted by Crippen LogP contribution is -2.32. The summed E-state index contributed by atoms with van der Waals surface area (Å²) in [6, 6.07) is 5.35. The molecule has 3 nitrogen and oxygen atoms in total. The molecule has 1 aromatic carbocycles. The van der Waals surface area contributed by atoms with Gasteiger partial charge in [0.2, 0.25) is 0 Å². The Bertz CT molecular complexity index is 454. The van der Waals surface area contributed by atoms with Crippen LogP contribution in [-0.4, -0.2) is 23.1 Å². The lowest BCUT2D eigenvalue weighted by Gasteiger charge is -2.17. The summed E-state index contributed by atoms with van der Waals surface area (Å²) in [5.41, 5.74) is 2.23. The van der Waals surface area contributed by atoms with Crippen LogP contribution in [0.25, 0.3) is 0 Å². The van der Waals surface area contributed by atoms with Gasteiger partial charge in [0.15, 0.2) is 5.78 Å². The lowest BCUT2D eigenvalue weighted by atomic mass is 9.96. The molecule has 1 aliphatic rings. The number of nitrogens with one attached hydrogen (secondary N) is 1. The van der Waals surface area contributed by atoms with E-state index in [1.807, 2.05) is 6.07 Å². The minimum Gasteiger partial charge on any atom is -0.352 e. The van der Waals surface area contributed by atoms with Crippen molar-refractivity contribution in [2.45, 2.75) is 18.2 Å². The molecular weight excluding hydrogens is 270 g/mol. The van der Waals surface area contributed by atoms with Crippen LogP contribution < -0.4 is 5.32 Å². The number of carbonyl (C=O) groups is 2. The second kappa shape index (κ2) is 4.37. The van der Waals surface area contributed by atoms with Gasteiger partial charge in [-0.2, -0.15) is 0 Å². The predicted octanol–water partition coefficient (Wildman–Crippen LogP) is 1.94. The number of alkyl halides is 1. The van der Waals surface area contributed by atoms with Gasteiger partial charge in [-0.05, 0) is 25.0 Å². The van der Waals surface area contributed by atoms with E-state index < -0.39 is 0 Å². The number of fused-ring (bicyclic) bond motifs is 1. The second-order valence-corrected chi connectivity index (χ2v) is 5.23. The number of hydrogen-bond acceptors (Lipinski definition) is 2. The second-order valence-electron chi connectivity index (χ2n) is 3.86. The molecule has 16 heavy (non-hydrogen) atoms. The molecule has 1 unspecified atom stereocenters. The van der Waals surface area contributed by atoms with Crippen molar-refractivity contribution in [3.8, 4) is 0 Å². The van der Waals surface area contributed by atoms with E-state index in [1.54, 1.807) is 19.1 Å². The topological polar surface area (TPSA) is 46.2 Å². The van der Waals surface area contributed by atoms with Crippen molar-refractivity contribution in [3.63, 3.8) is 0 Å². The molecule has 4 heteroatoms. The van der Waals surface area contributed by atoms with Gasteiger partial charge in [0.05, 0.1) is 4.83 Å². The summed E-state index contributed by atoms with van der Waals surface area (Å²) in [4.78, 5) is 23.1. The number of Topliss-reactive ketones (excluding diaryl/α,β-unsaturated/α-hetero) is 1. The average molecular weight is 282 g/mol. The van der Waals surface area contributed by atoms with Crippen molar-refractivity contribution >= 4 is 27.6 Å². The Kier molecular flexibility index (Phi) is 3.10. The van der Waals surface area contributed by atoms with E-state index >= 15 is 0 Å². The lowest BCUT2D eigenvalue weighted by molar-refractivity contribution is 0.0946. The van der Waals surface area contributed by atoms with E-state index in [9.17, 15) is 9.59 Å². The maximum atomic E-state index is 11.8. The molecule has 0 spiro atoms. The third kappa shape index (κ3) is 2.02.